The lowest BCUT2D eigenvalue weighted by molar-refractivity contribution is 0.397. The Morgan fingerprint density at radius 2 is 1.04 bits per heavy atom. The van der Waals surface area contributed by atoms with Gasteiger partial charge in [-0.3, -0.25) is 0 Å². The zero-order valence-electron chi connectivity index (χ0n) is 17.7. The quantitative estimate of drug-likeness (QED) is 0.140. The van der Waals surface area contributed by atoms with Crippen LogP contribution in [0.5, 0.6) is 11.5 Å². The second kappa shape index (κ2) is 15.5. The van der Waals surface area contributed by atoms with Gasteiger partial charge in [-0.2, -0.15) is 0 Å². The summed E-state index contributed by atoms with van der Waals surface area (Å²) in [5.74, 6) is 0.167. The molecule has 1 aromatic carbocycles. The van der Waals surface area contributed by atoms with Crippen LogP contribution in [-0.2, 0) is 12.8 Å². The standard InChI is InChI=1S/C24H41IO2/c1-3-5-7-9-11-13-15-17-20-21(24(27)23(26)19-22(20)25)18-16-14-12-10-8-6-4-2/h19,26-27H,3-18H2,1-2H3. The van der Waals surface area contributed by atoms with E-state index in [-0.39, 0.29) is 11.5 Å². The van der Waals surface area contributed by atoms with E-state index in [1.54, 1.807) is 6.07 Å². The van der Waals surface area contributed by atoms with Crippen LogP contribution in [-0.4, -0.2) is 10.2 Å². The van der Waals surface area contributed by atoms with Crippen molar-refractivity contribution in [1.82, 2.24) is 0 Å². The van der Waals surface area contributed by atoms with Crippen molar-refractivity contribution in [1.29, 1.82) is 0 Å². The van der Waals surface area contributed by atoms with Gasteiger partial charge in [0, 0.05) is 9.13 Å². The van der Waals surface area contributed by atoms with Crippen LogP contribution < -0.4 is 0 Å². The summed E-state index contributed by atoms with van der Waals surface area (Å²) in [7, 11) is 0. The number of hydrogen-bond acceptors (Lipinski definition) is 2. The second-order valence-corrected chi connectivity index (χ2v) is 9.09. The Morgan fingerprint density at radius 3 is 1.52 bits per heavy atom. The lowest BCUT2D eigenvalue weighted by Gasteiger charge is -2.15. The summed E-state index contributed by atoms with van der Waals surface area (Å²) in [6.07, 6.45) is 19.9. The van der Waals surface area contributed by atoms with E-state index in [0.717, 1.165) is 28.4 Å². The molecule has 0 saturated carbocycles. The van der Waals surface area contributed by atoms with Gasteiger partial charge in [0.1, 0.15) is 0 Å². The Hall–Kier alpha value is -0.450. The molecule has 0 aromatic heterocycles. The summed E-state index contributed by atoms with van der Waals surface area (Å²) in [4.78, 5) is 0. The van der Waals surface area contributed by atoms with Crippen LogP contribution >= 0.6 is 22.6 Å². The largest absolute Gasteiger partial charge is 0.504 e. The van der Waals surface area contributed by atoms with Gasteiger partial charge < -0.3 is 10.2 Å². The van der Waals surface area contributed by atoms with Gasteiger partial charge in [0.15, 0.2) is 11.5 Å². The van der Waals surface area contributed by atoms with E-state index < -0.39 is 0 Å². The SMILES string of the molecule is CCCCCCCCCc1c(I)cc(O)c(O)c1CCCCCCCCC. The molecule has 0 aliphatic carbocycles. The maximum absolute atomic E-state index is 10.4. The summed E-state index contributed by atoms with van der Waals surface area (Å²) in [5.41, 5.74) is 2.27. The molecule has 0 atom stereocenters. The molecule has 0 spiro atoms. The van der Waals surface area contributed by atoms with Crippen LogP contribution in [0, 0.1) is 3.57 Å². The first kappa shape index (κ1) is 24.6. The maximum atomic E-state index is 10.4. The smallest absolute Gasteiger partial charge is 0.161 e. The highest BCUT2D eigenvalue weighted by Crippen LogP contribution is 2.37. The monoisotopic (exact) mass is 488 g/mol. The number of phenolic OH excluding ortho intramolecular Hbond substituents is 2. The Labute approximate surface area is 181 Å². The van der Waals surface area contributed by atoms with E-state index >= 15 is 0 Å². The summed E-state index contributed by atoms with van der Waals surface area (Å²) >= 11 is 2.32. The van der Waals surface area contributed by atoms with Crippen LogP contribution in [0.1, 0.15) is 115 Å². The number of hydrogen-bond donors (Lipinski definition) is 2. The first-order chi connectivity index (χ1) is 13.1. The van der Waals surface area contributed by atoms with Crippen LogP contribution in [0.25, 0.3) is 0 Å². The fourth-order valence-corrected chi connectivity index (χ4v) is 4.66. The molecular weight excluding hydrogens is 447 g/mol. The molecule has 0 saturated heterocycles. The minimum Gasteiger partial charge on any atom is -0.504 e. The average Bonchev–Trinajstić information content (AvgIpc) is 2.65. The number of rotatable bonds is 16. The molecule has 0 radical (unpaired) electrons. The van der Waals surface area contributed by atoms with Crippen LogP contribution in [0.3, 0.4) is 0 Å². The zero-order valence-corrected chi connectivity index (χ0v) is 19.8. The lowest BCUT2D eigenvalue weighted by Crippen LogP contribution is -2.00. The summed E-state index contributed by atoms with van der Waals surface area (Å²) in [6.45, 7) is 4.50. The van der Waals surface area contributed by atoms with E-state index in [0.29, 0.717) is 0 Å². The number of benzene rings is 1. The molecule has 0 heterocycles. The first-order valence-corrected chi connectivity index (χ1v) is 12.4. The number of phenols is 2. The third-order valence-electron chi connectivity index (χ3n) is 5.51. The third-order valence-corrected chi connectivity index (χ3v) is 6.47. The molecule has 1 aromatic rings. The van der Waals surface area contributed by atoms with Gasteiger partial charge in [-0.05, 0) is 59.9 Å². The molecule has 1 rings (SSSR count). The van der Waals surface area contributed by atoms with Crippen molar-refractivity contribution in [2.75, 3.05) is 0 Å². The van der Waals surface area contributed by atoms with Crippen molar-refractivity contribution in [2.45, 2.75) is 117 Å². The van der Waals surface area contributed by atoms with E-state index in [1.165, 1.54) is 89.0 Å². The van der Waals surface area contributed by atoms with E-state index in [2.05, 4.69) is 36.4 Å². The fraction of sp³-hybridized carbons (Fsp3) is 0.750. The van der Waals surface area contributed by atoms with Gasteiger partial charge >= 0.3 is 0 Å². The molecule has 3 heteroatoms. The van der Waals surface area contributed by atoms with E-state index in [9.17, 15) is 10.2 Å². The number of aromatic hydroxyl groups is 2. The molecule has 0 aliphatic heterocycles. The zero-order chi connectivity index (χ0) is 19.9. The van der Waals surface area contributed by atoms with Crippen LogP contribution in [0.15, 0.2) is 6.07 Å². The van der Waals surface area contributed by atoms with E-state index in [4.69, 9.17) is 0 Å². The van der Waals surface area contributed by atoms with Crippen molar-refractivity contribution in [3.63, 3.8) is 0 Å². The van der Waals surface area contributed by atoms with Gasteiger partial charge in [-0.25, -0.2) is 0 Å². The molecule has 156 valence electrons. The van der Waals surface area contributed by atoms with Gasteiger partial charge in [0.2, 0.25) is 0 Å². The van der Waals surface area contributed by atoms with Crippen molar-refractivity contribution >= 4 is 22.6 Å². The van der Waals surface area contributed by atoms with Crippen molar-refractivity contribution in [3.8, 4) is 11.5 Å². The minimum absolute atomic E-state index is 0.0423. The van der Waals surface area contributed by atoms with Gasteiger partial charge in [-0.1, -0.05) is 90.9 Å². The average molecular weight is 488 g/mol. The molecule has 0 amide bonds. The Morgan fingerprint density at radius 1 is 0.630 bits per heavy atom. The molecule has 2 N–H and O–H groups in total. The topological polar surface area (TPSA) is 40.5 Å². The van der Waals surface area contributed by atoms with Gasteiger partial charge in [0.05, 0.1) is 0 Å². The molecule has 0 bridgehead atoms. The van der Waals surface area contributed by atoms with Crippen LogP contribution in [0.2, 0.25) is 0 Å². The number of unbranched alkanes of at least 4 members (excludes halogenated alkanes) is 12. The normalized spacial score (nSPS) is 11.2. The molecule has 0 aliphatic rings. The highest BCUT2D eigenvalue weighted by atomic mass is 127. The highest BCUT2D eigenvalue weighted by Gasteiger charge is 2.15. The Bertz CT molecular complexity index is 514. The number of halogens is 1. The van der Waals surface area contributed by atoms with Crippen LogP contribution in [0.4, 0.5) is 0 Å². The first-order valence-electron chi connectivity index (χ1n) is 11.3. The summed E-state index contributed by atoms with van der Waals surface area (Å²) < 4.78 is 1.10. The van der Waals surface area contributed by atoms with Gasteiger partial charge in [-0.15, -0.1) is 0 Å². The lowest BCUT2D eigenvalue weighted by atomic mass is 9.95. The highest BCUT2D eigenvalue weighted by molar-refractivity contribution is 14.1. The molecule has 27 heavy (non-hydrogen) atoms. The Kier molecular flexibility index (Phi) is 14.1. The predicted octanol–water partition coefficient (Wildman–Crippen LogP) is 8.29. The van der Waals surface area contributed by atoms with Gasteiger partial charge in [0.25, 0.3) is 0 Å². The Balaban J connectivity index is 2.49. The van der Waals surface area contributed by atoms with Crippen molar-refractivity contribution < 1.29 is 10.2 Å². The van der Waals surface area contributed by atoms with Crippen molar-refractivity contribution in [2.24, 2.45) is 0 Å². The maximum Gasteiger partial charge on any atom is 0.161 e. The summed E-state index contributed by atoms with van der Waals surface area (Å²) in [6, 6.07) is 1.72. The molecule has 0 fully saturated rings. The summed E-state index contributed by atoms with van der Waals surface area (Å²) in [5, 5.41) is 20.5. The second-order valence-electron chi connectivity index (χ2n) is 7.93. The predicted molar refractivity (Wildman–Crippen MR) is 126 cm³/mol. The molecular formula is C24H41IO2. The van der Waals surface area contributed by atoms with E-state index in [1.807, 2.05) is 0 Å². The minimum atomic E-state index is 0.0423. The molecule has 0 unspecified atom stereocenters. The molecule has 2 nitrogen and oxygen atoms in total. The van der Waals surface area contributed by atoms with Crippen molar-refractivity contribution in [3.05, 3.63) is 20.8 Å². The third kappa shape index (κ3) is 10.0. The fourth-order valence-electron chi connectivity index (χ4n) is 3.77.